The maximum absolute atomic E-state index is 11.1. The fraction of sp³-hybridized carbons (Fsp3) is 0.500. The smallest absolute Gasteiger partial charge is 0.340 e. The molecule has 0 atom stereocenters. The van der Waals surface area contributed by atoms with E-state index in [0.29, 0.717) is 18.1 Å². The summed E-state index contributed by atoms with van der Waals surface area (Å²) in [5.74, 6) is -0.0985. The summed E-state index contributed by atoms with van der Waals surface area (Å²) in [6, 6.07) is 0. The molecule has 0 fully saturated rings. The predicted octanol–water partition coefficient (Wildman–Crippen LogP) is 2.15. The molecular weight excluding hydrogens is 168 g/mol. The molecule has 1 heterocycles. The molecule has 3 nitrogen and oxygen atoms in total. The Labute approximate surface area is 78.0 Å². The largest absolute Gasteiger partial charge is 0.465 e. The van der Waals surface area contributed by atoms with Crippen molar-refractivity contribution in [3.63, 3.8) is 0 Å². The second kappa shape index (κ2) is 4.70. The van der Waals surface area contributed by atoms with Crippen molar-refractivity contribution in [3.8, 4) is 0 Å². The standard InChI is InChI=1S/C10H14O3/c1-8(2)10(11)13-9-6-4-3-5-7-12-9/h6H,1,3-5,7H2,2H3. The van der Waals surface area contributed by atoms with Crippen LogP contribution in [-0.4, -0.2) is 12.6 Å². The van der Waals surface area contributed by atoms with E-state index in [2.05, 4.69) is 6.58 Å². The molecule has 0 saturated carbocycles. The summed E-state index contributed by atoms with van der Waals surface area (Å²) in [6.45, 7) is 5.72. The van der Waals surface area contributed by atoms with Crippen LogP contribution < -0.4 is 0 Å². The third-order valence-electron chi connectivity index (χ3n) is 1.70. The molecule has 0 aromatic rings. The van der Waals surface area contributed by atoms with E-state index in [1.165, 1.54) is 0 Å². The highest BCUT2D eigenvalue weighted by atomic mass is 16.7. The lowest BCUT2D eigenvalue weighted by molar-refractivity contribution is -0.140. The van der Waals surface area contributed by atoms with Crippen LogP contribution in [0.25, 0.3) is 0 Å². The van der Waals surface area contributed by atoms with Gasteiger partial charge in [0.2, 0.25) is 0 Å². The maximum atomic E-state index is 11.1. The van der Waals surface area contributed by atoms with Gasteiger partial charge in [-0.3, -0.25) is 0 Å². The molecule has 0 saturated heterocycles. The second-order valence-corrected chi connectivity index (χ2v) is 3.04. The first-order valence-electron chi connectivity index (χ1n) is 4.41. The van der Waals surface area contributed by atoms with Crippen molar-refractivity contribution in [2.24, 2.45) is 0 Å². The summed E-state index contributed by atoms with van der Waals surface area (Å²) >= 11 is 0. The Morgan fingerprint density at radius 1 is 1.62 bits per heavy atom. The molecule has 1 aliphatic heterocycles. The third kappa shape index (κ3) is 3.32. The molecule has 0 radical (unpaired) electrons. The van der Waals surface area contributed by atoms with Gasteiger partial charge in [-0.15, -0.1) is 0 Å². The van der Waals surface area contributed by atoms with Crippen LogP contribution in [0.2, 0.25) is 0 Å². The molecule has 0 N–H and O–H groups in total. The first kappa shape index (κ1) is 9.84. The van der Waals surface area contributed by atoms with E-state index in [9.17, 15) is 4.79 Å². The molecule has 0 unspecified atom stereocenters. The lowest BCUT2D eigenvalue weighted by Crippen LogP contribution is -2.07. The Hall–Kier alpha value is -1.25. The Morgan fingerprint density at radius 3 is 3.08 bits per heavy atom. The van der Waals surface area contributed by atoms with Crippen molar-refractivity contribution in [2.45, 2.75) is 26.2 Å². The zero-order chi connectivity index (χ0) is 9.68. The fourth-order valence-corrected chi connectivity index (χ4v) is 0.948. The minimum absolute atomic E-state index is 0.325. The van der Waals surface area contributed by atoms with Gasteiger partial charge in [-0.1, -0.05) is 6.58 Å². The lowest BCUT2D eigenvalue weighted by atomic mass is 10.2. The summed E-state index contributed by atoms with van der Waals surface area (Å²) in [5.41, 5.74) is 0.383. The van der Waals surface area contributed by atoms with Crippen LogP contribution in [0.15, 0.2) is 24.2 Å². The predicted molar refractivity (Wildman–Crippen MR) is 48.8 cm³/mol. The molecule has 72 valence electrons. The molecule has 0 spiro atoms. The van der Waals surface area contributed by atoms with Crippen LogP contribution in [-0.2, 0) is 14.3 Å². The van der Waals surface area contributed by atoms with Gasteiger partial charge in [0.15, 0.2) is 0 Å². The molecule has 1 rings (SSSR count). The zero-order valence-corrected chi connectivity index (χ0v) is 7.84. The minimum Gasteiger partial charge on any atom is -0.465 e. The van der Waals surface area contributed by atoms with E-state index >= 15 is 0 Å². The van der Waals surface area contributed by atoms with Crippen molar-refractivity contribution >= 4 is 5.97 Å². The van der Waals surface area contributed by atoms with Crippen molar-refractivity contribution in [2.75, 3.05) is 6.61 Å². The van der Waals surface area contributed by atoms with Gasteiger partial charge in [-0.05, 0) is 32.3 Å². The fourth-order valence-electron chi connectivity index (χ4n) is 0.948. The summed E-state index contributed by atoms with van der Waals surface area (Å²) < 4.78 is 10.1. The van der Waals surface area contributed by atoms with Gasteiger partial charge in [-0.2, -0.15) is 0 Å². The minimum atomic E-state index is -0.423. The number of rotatable bonds is 2. The molecule has 0 bridgehead atoms. The van der Waals surface area contributed by atoms with Crippen LogP contribution in [0.1, 0.15) is 26.2 Å². The second-order valence-electron chi connectivity index (χ2n) is 3.04. The first-order valence-corrected chi connectivity index (χ1v) is 4.41. The number of allylic oxidation sites excluding steroid dienone is 1. The number of hydrogen-bond donors (Lipinski definition) is 0. The van der Waals surface area contributed by atoms with Gasteiger partial charge in [0.05, 0.1) is 6.61 Å². The molecule has 13 heavy (non-hydrogen) atoms. The molecule has 0 amide bonds. The Bertz CT molecular complexity index is 241. The highest BCUT2D eigenvalue weighted by Gasteiger charge is 2.10. The van der Waals surface area contributed by atoms with E-state index in [-0.39, 0.29) is 0 Å². The molecule has 0 aliphatic carbocycles. The number of hydrogen-bond acceptors (Lipinski definition) is 3. The van der Waals surface area contributed by atoms with E-state index < -0.39 is 5.97 Å². The van der Waals surface area contributed by atoms with Gasteiger partial charge in [0, 0.05) is 5.57 Å². The zero-order valence-electron chi connectivity index (χ0n) is 7.84. The Morgan fingerprint density at radius 2 is 2.38 bits per heavy atom. The van der Waals surface area contributed by atoms with Crippen molar-refractivity contribution in [1.29, 1.82) is 0 Å². The van der Waals surface area contributed by atoms with Crippen LogP contribution in [0.5, 0.6) is 0 Å². The van der Waals surface area contributed by atoms with E-state index in [0.717, 1.165) is 19.3 Å². The van der Waals surface area contributed by atoms with Crippen molar-refractivity contribution in [1.82, 2.24) is 0 Å². The number of carbonyl (C=O) groups is 1. The summed E-state index contributed by atoms with van der Waals surface area (Å²) in [6.07, 6.45) is 4.78. The van der Waals surface area contributed by atoms with Crippen LogP contribution >= 0.6 is 0 Å². The monoisotopic (exact) mass is 182 g/mol. The quantitative estimate of drug-likeness (QED) is 0.485. The van der Waals surface area contributed by atoms with Gasteiger partial charge < -0.3 is 9.47 Å². The highest BCUT2D eigenvalue weighted by molar-refractivity contribution is 5.87. The number of carbonyl (C=O) groups excluding carboxylic acids is 1. The summed E-state index contributed by atoms with van der Waals surface area (Å²) in [4.78, 5) is 11.1. The molecular formula is C10H14O3. The van der Waals surface area contributed by atoms with Gasteiger partial charge >= 0.3 is 5.97 Å². The highest BCUT2D eigenvalue weighted by Crippen LogP contribution is 2.12. The van der Waals surface area contributed by atoms with Gasteiger partial charge in [-0.25, -0.2) is 4.79 Å². The van der Waals surface area contributed by atoms with Crippen LogP contribution in [0.4, 0.5) is 0 Å². The Balaban J connectivity index is 2.47. The SMILES string of the molecule is C=C(C)C(=O)OC1=CCCCCO1. The number of ether oxygens (including phenoxy) is 2. The lowest BCUT2D eigenvalue weighted by Gasteiger charge is -2.07. The van der Waals surface area contributed by atoms with Crippen molar-refractivity contribution in [3.05, 3.63) is 24.2 Å². The van der Waals surface area contributed by atoms with Crippen LogP contribution in [0, 0.1) is 0 Å². The maximum Gasteiger partial charge on any atom is 0.340 e. The molecule has 3 heteroatoms. The first-order chi connectivity index (χ1) is 6.20. The third-order valence-corrected chi connectivity index (χ3v) is 1.70. The summed E-state index contributed by atoms with van der Waals surface area (Å²) in [7, 11) is 0. The number of esters is 1. The molecule has 0 aromatic heterocycles. The summed E-state index contributed by atoms with van der Waals surface area (Å²) in [5, 5.41) is 0. The van der Waals surface area contributed by atoms with Crippen LogP contribution in [0.3, 0.4) is 0 Å². The van der Waals surface area contributed by atoms with E-state index in [1.54, 1.807) is 13.0 Å². The molecule has 0 aromatic carbocycles. The van der Waals surface area contributed by atoms with Gasteiger partial charge in [0.25, 0.3) is 5.95 Å². The topological polar surface area (TPSA) is 35.5 Å². The van der Waals surface area contributed by atoms with E-state index in [1.807, 2.05) is 0 Å². The normalized spacial score (nSPS) is 16.5. The van der Waals surface area contributed by atoms with Gasteiger partial charge in [0.1, 0.15) is 0 Å². The van der Waals surface area contributed by atoms with E-state index in [4.69, 9.17) is 9.47 Å². The average molecular weight is 182 g/mol. The molecule has 1 aliphatic rings. The Kier molecular flexibility index (Phi) is 3.55. The van der Waals surface area contributed by atoms with Crippen molar-refractivity contribution < 1.29 is 14.3 Å². The average Bonchev–Trinajstić information content (AvgIpc) is 2.32.